The van der Waals surface area contributed by atoms with E-state index in [4.69, 9.17) is 0 Å². The monoisotopic (exact) mass is 254 g/mol. The summed E-state index contributed by atoms with van der Waals surface area (Å²) in [6.45, 7) is 2.27. The average molecular weight is 254 g/mol. The van der Waals surface area contributed by atoms with Gasteiger partial charge in [-0.2, -0.15) is 0 Å². The van der Waals surface area contributed by atoms with Gasteiger partial charge >= 0.3 is 0 Å². The van der Waals surface area contributed by atoms with E-state index in [0.717, 1.165) is 6.54 Å². The van der Waals surface area contributed by atoms with Gasteiger partial charge < -0.3 is 10.2 Å². The fourth-order valence-corrected chi connectivity index (χ4v) is 2.93. The van der Waals surface area contributed by atoms with Crippen LogP contribution in [0.25, 0.3) is 10.8 Å². The van der Waals surface area contributed by atoms with Crippen LogP contribution in [0.5, 0.6) is 0 Å². The van der Waals surface area contributed by atoms with E-state index in [1.165, 1.54) is 42.3 Å². The number of hydrogen-bond acceptors (Lipinski definition) is 2. The Balaban J connectivity index is 1.75. The summed E-state index contributed by atoms with van der Waals surface area (Å²) in [5.41, 5.74) is 1.31. The van der Waals surface area contributed by atoms with E-state index in [1.54, 1.807) is 0 Å². The molecule has 0 amide bonds. The maximum Gasteiger partial charge on any atom is 0.0370 e. The van der Waals surface area contributed by atoms with Gasteiger partial charge in [-0.1, -0.05) is 36.8 Å². The summed E-state index contributed by atoms with van der Waals surface area (Å²) in [5.74, 6) is 0. The lowest BCUT2D eigenvalue weighted by Gasteiger charge is -2.29. The largest absolute Gasteiger partial charge is 0.373 e. The van der Waals surface area contributed by atoms with Crippen molar-refractivity contribution in [3.05, 3.63) is 42.5 Å². The Hall–Kier alpha value is -1.54. The van der Waals surface area contributed by atoms with Crippen LogP contribution in [0.1, 0.15) is 19.3 Å². The SMILES string of the molecule is CN(CC1CCCCN1)c1ccc2ccccc2c1. The Bertz CT molecular complexity index is 544. The smallest absolute Gasteiger partial charge is 0.0370 e. The molecule has 1 heterocycles. The molecule has 0 spiro atoms. The highest BCUT2D eigenvalue weighted by atomic mass is 15.1. The molecule has 1 aliphatic rings. The van der Waals surface area contributed by atoms with E-state index in [2.05, 4.69) is 59.7 Å². The number of rotatable bonds is 3. The molecule has 0 saturated carbocycles. The third-order valence-corrected chi connectivity index (χ3v) is 4.08. The van der Waals surface area contributed by atoms with E-state index in [1.807, 2.05) is 0 Å². The van der Waals surface area contributed by atoms with Crippen molar-refractivity contribution < 1.29 is 0 Å². The summed E-state index contributed by atoms with van der Waals surface area (Å²) in [6.07, 6.45) is 4.00. The molecule has 1 unspecified atom stereocenters. The Labute approximate surface area is 115 Å². The van der Waals surface area contributed by atoms with Gasteiger partial charge in [-0.05, 0) is 42.3 Å². The minimum absolute atomic E-state index is 0.644. The zero-order chi connectivity index (χ0) is 13.1. The molecule has 0 bridgehead atoms. The van der Waals surface area contributed by atoms with Crippen molar-refractivity contribution in [2.24, 2.45) is 0 Å². The highest BCUT2D eigenvalue weighted by Gasteiger charge is 2.14. The molecule has 0 aromatic heterocycles. The lowest BCUT2D eigenvalue weighted by Crippen LogP contribution is -2.42. The molecule has 1 saturated heterocycles. The second kappa shape index (κ2) is 5.62. The first-order valence-electron chi connectivity index (χ1n) is 7.26. The van der Waals surface area contributed by atoms with Gasteiger partial charge in [0.15, 0.2) is 0 Å². The van der Waals surface area contributed by atoms with Gasteiger partial charge in [0, 0.05) is 25.3 Å². The fraction of sp³-hybridized carbons (Fsp3) is 0.412. The second-order valence-electron chi connectivity index (χ2n) is 5.56. The Morgan fingerprint density at radius 2 is 1.95 bits per heavy atom. The number of hydrogen-bond donors (Lipinski definition) is 1. The normalized spacial score (nSPS) is 19.5. The number of nitrogens with one attached hydrogen (secondary N) is 1. The minimum atomic E-state index is 0.644. The van der Waals surface area contributed by atoms with Crippen molar-refractivity contribution in [1.82, 2.24) is 5.32 Å². The quantitative estimate of drug-likeness (QED) is 0.903. The predicted octanol–water partition coefficient (Wildman–Crippen LogP) is 3.42. The van der Waals surface area contributed by atoms with Crippen molar-refractivity contribution >= 4 is 16.5 Å². The van der Waals surface area contributed by atoms with Crippen LogP contribution in [0.3, 0.4) is 0 Å². The topological polar surface area (TPSA) is 15.3 Å². The summed E-state index contributed by atoms with van der Waals surface area (Å²) >= 11 is 0. The number of anilines is 1. The van der Waals surface area contributed by atoms with Gasteiger partial charge in [0.05, 0.1) is 0 Å². The van der Waals surface area contributed by atoms with E-state index < -0.39 is 0 Å². The molecule has 0 aliphatic carbocycles. The molecule has 100 valence electrons. The van der Waals surface area contributed by atoms with E-state index in [-0.39, 0.29) is 0 Å². The predicted molar refractivity (Wildman–Crippen MR) is 82.9 cm³/mol. The molecule has 1 fully saturated rings. The third kappa shape index (κ3) is 2.90. The molecule has 2 heteroatoms. The van der Waals surface area contributed by atoms with Crippen LogP contribution in [0.2, 0.25) is 0 Å². The van der Waals surface area contributed by atoms with Gasteiger partial charge in [0.1, 0.15) is 0 Å². The number of nitrogens with zero attached hydrogens (tertiary/aromatic N) is 1. The van der Waals surface area contributed by atoms with Crippen LogP contribution < -0.4 is 10.2 Å². The van der Waals surface area contributed by atoms with E-state index in [9.17, 15) is 0 Å². The molecule has 2 nitrogen and oxygen atoms in total. The molecule has 1 aliphatic heterocycles. The molecule has 1 atom stereocenters. The Morgan fingerprint density at radius 3 is 2.74 bits per heavy atom. The molecule has 2 aromatic carbocycles. The van der Waals surface area contributed by atoms with Crippen LogP contribution in [0.4, 0.5) is 5.69 Å². The third-order valence-electron chi connectivity index (χ3n) is 4.08. The fourth-order valence-electron chi connectivity index (χ4n) is 2.93. The van der Waals surface area contributed by atoms with Gasteiger partial charge in [-0.15, -0.1) is 0 Å². The van der Waals surface area contributed by atoms with Gasteiger partial charge in [0.25, 0.3) is 0 Å². The number of piperidine rings is 1. The first kappa shape index (κ1) is 12.5. The van der Waals surface area contributed by atoms with Crippen LogP contribution in [0.15, 0.2) is 42.5 Å². The minimum Gasteiger partial charge on any atom is -0.373 e. The highest BCUT2D eigenvalue weighted by Crippen LogP contribution is 2.22. The summed E-state index contributed by atoms with van der Waals surface area (Å²) < 4.78 is 0. The van der Waals surface area contributed by atoms with Gasteiger partial charge in [-0.3, -0.25) is 0 Å². The Kier molecular flexibility index (Phi) is 3.69. The highest BCUT2D eigenvalue weighted by molar-refractivity contribution is 5.85. The molecular weight excluding hydrogens is 232 g/mol. The maximum absolute atomic E-state index is 3.62. The van der Waals surface area contributed by atoms with Crippen molar-refractivity contribution in [2.45, 2.75) is 25.3 Å². The van der Waals surface area contributed by atoms with Crippen molar-refractivity contribution in [3.8, 4) is 0 Å². The zero-order valence-corrected chi connectivity index (χ0v) is 11.6. The van der Waals surface area contributed by atoms with E-state index in [0.29, 0.717) is 6.04 Å². The Morgan fingerprint density at radius 1 is 1.11 bits per heavy atom. The van der Waals surface area contributed by atoms with Crippen molar-refractivity contribution in [3.63, 3.8) is 0 Å². The molecular formula is C17H22N2. The molecule has 19 heavy (non-hydrogen) atoms. The maximum atomic E-state index is 3.62. The number of fused-ring (bicyclic) bond motifs is 1. The van der Waals surface area contributed by atoms with Crippen LogP contribution >= 0.6 is 0 Å². The summed E-state index contributed by atoms with van der Waals surface area (Å²) in [5, 5.41) is 6.25. The first-order chi connectivity index (χ1) is 9.33. The zero-order valence-electron chi connectivity index (χ0n) is 11.6. The van der Waals surface area contributed by atoms with Crippen molar-refractivity contribution in [1.29, 1.82) is 0 Å². The summed E-state index contributed by atoms with van der Waals surface area (Å²) in [4.78, 5) is 2.37. The van der Waals surface area contributed by atoms with Gasteiger partial charge in [-0.25, -0.2) is 0 Å². The van der Waals surface area contributed by atoms with Gasteiger partial charge in [0.2, 0.25) is 0 Å². The van der Waals surface area contributed by atoms with Crippen LogP contribution in [-0.4, -0.2) is 26.2 Å². The second-order valence-corrected chi connectivity index (χ2v) is 5.56. The lowest BCUT2D eigenvalue weighted by molar-refractivity contribution is 0.403. The first-order valence-corrected chi connectivity index (χ1v) is 7.26. The molecule has 0 radical (unpaired) electrons. The lowest BCUT2D eigenvalue weighted by atomic mass is 10.0. The molecule has 2 aromatic rings. The number of benzene rings is 2. The standard InChI is InChI=1S/C17H22N2/c1-19(13-16-8-4-5-11-18-16)17-10-9-14-6-2-3-7-15(14)12-17/h2-3,6-7,9-10,12,16,18H,4-5,8,11,13H2,1H3. The summed E-state index contributed by atoms with van der Waals surface area (Å²) in [7, 11) is 2.19. The number of likely N-dealkylation sites (N-methyl/N-ethyl adjacent to an activating group) is 1. The average Bonchev–Trinajstić information content (AvgIpc) is 2.48. The summed E-state index contributed by atoms with van der Waals surface area (Å²) in [6, 6.07) is 15.9. The van der Waals surface area contributed by atoms with Crippen LogP contribution in [-0.2, 0) is 0 Å². The van der Waals surface area contributed by atoms with E-state index >= 15 is 0 Å². The van der Waals surface area contributed by atoms with Crippen molar-refractivity contribution in [2.75, 3.05) is 25.0 Å². The molecule has 1 N–H and O–H groups in total. The van der Waals surface area contributed by atoms with Crippen LogP contribution in [0, 0.1) is 0 Å². The molecule has 3 rings (SSSR count).